The van der Waals surface area contributed by atoms with E-state index in [4.69, 9.17) is 19.8 Å². The third-order valence-corrected chi connectivity index (χ3v) is 7.11. The Balaban J connectivity index is 0.000000257. The number of likely N-dealkylation sites (tertiary alicyclic amines) is 1. The fourth-order valence-electron chi connectivity index (χ4n) is 4.60. The van der Waals surface area contributed by atoms with Crippen LogP contribution in [0.5, 0.6) is 0 Å². The minimum atomic E-state index is -5.08. The van der Waals surface area contributed by atoms with E-state index in [1.165, 1.54) is 56.7 Å². The molecule has 1 aromatic rings. The lowest BCUT2D eigenvalue weighted by Crippen LogP contribution is -2.36. The van der Waals surface area contributed by atoms with Crippen molar-refractivity contribution in [3.8, 4) is 0 Å². The van der Waals surface area contributed by atoms with Crippen molar-refractivity contribution in [2.45, 2.75) is 57.0 Å². The van der Waals surface area contributed by atoms with Crippen LogP contribution in [-0.4, -0.2) is 82.0 Å². The Morgan fingerprint density at radius 1 is 1.06 bits per heavy atom. The van der Waals surface area contributed by atoms with Crippen LogP contribution in [0.4, 0.5) is 26.3 Å². The van der Waals surface area contributed by atoms with Gasteiger partial charge in [-0.25, -0.2) is 14.6 Å². The number of alkyl halides is 6. The molecule has 7 nitrogen and oxygen atoms in total. The van der Waals surface area contributed by atoms with Gasteiger partial charge in [0.2, 0.25) is 0 Å². The van der Waals surface area contributed by atoms with Crippen molar-refractivity contribution >= 4 is 23.3 Å². The van der Waals surface area contributed by atoms with E-state index in [0.717, 1.165) is 30.3 Å². The number of hydrogen-bond acceptors (Lipinski definition) is 6. The molecule has 14 heteroatoms. The minimum Gasteiger partial charge on any atom is -0.475 e. The van der Waals surface area contributed by atoms with Gasteiger partial charge in [0.15, 0.2) is 0 Å². The van der Waals surface area contributed by atoms with Gasteiger partial charge in [-0.1, -0.05) is 6.42 Å². The Morgan fingerprint density at radius 2 is 1.63 bits per heavy atom. The van der Waals surface area contributed by atoms with Gasteiger partial charge in [0, 0.05) is 37.3 Å². The molecule has 0 spiro atoms. The lowest BCUT2D eigenvalue weighted by Gasteiger charge is -2.35. The van der Waals surface area contributed by atoms with Crippen LogP contribution in [0.3, 0.4) is 0 Å². The Bertz CT molecular complexity index is 793. The SMILES string of the molecule is CN(C[C@@H]1CCC[C@@H]2CN(Cc3nccs3)C[C@@H]21)C1CC1.O=C(O)C(F)(F)F.O=C(O)C(F)(F)F. The minimum absolute atomic E-state index is 0.915. The number of carboxylic acid groups (broad SMARTS) is 2. The van der Waals surface area contributed by atoms with Gasteiger partial charge in [-0.2, -0.15) is 26.3 Å². The van der Waals surface area contributed by atoms with Gasteiger partial charge in [-0.3, -0.25) is 4.90 Å². The normalized spacial score (nSPS) is 24.6. The molecule has 0 unspecified atom stereocenters. The second kappa shape index (κ2) is 12.3. The van der Waals surface area contributed by atoms with Gasteiger partial charge < -0.3 is 15.1 Å². The van der Waals surface area contributed by atoms with Crippen molar-refractivity contribution in [3.63, 3.8) is 0 Å². The predicted octanol–water partition coefficient (Wildman–Crippen LogP) is 4.35. The third kappa shape index (κ3) is 9.92. The van der Waals surface area contributed by atoms with E-state index in [9.17, 15) is 26.3 Å². The maximum absolute atomic E-state index is 10.6. The van der Waals surface area contributed by atoms with Crippen LogP contribution in [0.15, 0.2) is 11.6 Å². The van der Waals surface area contributed by atoms with Gasteiger partial charge in [-0.05, 0) is 50.5 Å². The highest BCUT2D eigenvalue weighted by Crippen LogP contribution is 2.41. The highest BCUT2D eigenvalue weighted by atomic mass is 32.1. The molecule has 35 heavy (non-hydrogen) atoms. The zero-order chi connectivity index (χ0) is 26.4. The lowest BCUT2D eigenvalue weighted by molar-refractivity contribution is -0.193. The summed E-state index contributed by atoms with van der Waals surface area (Å²) in [6.45, 7) is 5.05. The summed E-state index contributed by atoms with van der Waals surface area (Å²) in [5, 5.41) is 17.6. The molecular weight excluding hydrogens is 504 g/mol. The number of aliphatic carboxylic acids is 2. The first-order chi connectivity index (χ1) is 16.2. The maximum atomic E-state index is 10.6. The molecule has 0 radical (unpaired) electrons. The third-order valence-electron chi connectivity index (χ3n) is 6.34. The average molecular weight is 534 g/mol. The second-order valence-corrected chi connectivity index (χ2v) is 9.99. The highest BCUT2D eigenvalue weighted by Gasteiger charge is 2.41. The smallest absolute Gasteiger partial charge is 0.475 e. The molecule has 0 amide bonds. The summed E-state index contributed by atoms with van der Waals surface area (Å²) in [7, 11) is 2.35. The van der Waals surface area contributed by atoms with Gasteiger partial charge >= 0.3 is 24.3 Å². The summed E-state index contributed by atoms with van der Waals surface area (Å²) in [6, 6.07) is 0.915. The summed E-state index contributed by atoms with van der Waals surface area (Å²) in [5.41, 5.74) is 0. The first kappa shape index (κ1) is 29.3. The molecule has 3 atom stereocenters. The zero-order valence-corrected chi connectivity index (χ0v) is 19.9. The number of nitrogens with zero attached hydrogens (tertiary/aromatic N) is 3. The van der Waals surface area contributed by atoms with Crippen LogP contribution in [-0.2, 0) is 16.1 Å². The quantitative estimate of drug-likeness (QED) is 0.544. The van der Waals surface area contributed by atoms with Crippen LogP contribution in [0, 0.1) is 17.8 Å². The number of rotatable bonds is 5. The largest absolute Gasteiger partial charge is 0.490 e. The number of carbonyl (C=O) groups is 2. The summed E-state index contributed by atoms with van der Waals surface area (Å²) < 4.78 is 63.5. The van der Waals surface area contributed by atoms with Crippen molar-refractivity contribution in [1.82, 2.24) is 14.8 Å². The van der Waals surface area contributed by atoms with Crippen LogP contribution in [0.1, 0.15) is 37.1 Å². The Hall–Kier alpha value is -1.93. The summed E-state index contributed by atoms with van der Waals surface area (Å²) in [4.78, 5) is 27.6. The fourth-order valence-corrected chi connectivity index (χ4v) is 5.25. The first-order valence-corrected chi connectivity index (χ1v) is 12.0. The van der Waals surface area contributed by atoms with E-state index in [0.29, 0.717) is 0 Å². The molecule has 1 aliphatic heterocycles. The lowest BCUT2D eigenvalue weighted by atomic mass is 9.73. The maximum Gasteiger partial charge on any atom is 0.490 e. The molecule has 4 rings (SSSR count). The first-order valence-electron chi connectivity index (χ1n) is 11.1. The highest BCUT2D eigenvalue weighted by molar-refractivity contribution is 7.09. The van der Waals surface area contributed by atoms with Crippen molar-refractivity contribution in [2.24, 2.45) is 17.8 Å². The summed E-state index contributed by atoms with van der Waals surface area (Å²) in [5.74, 6) is -2.67. The molecule has 1 aromatic heterocycles. The topological polar surface area (TPSA) is 94.0 Å². The van der Waals surface area contributed by atoms with Crippen molar-refractivity contribution < 1.29 is 46.1 Å². The standard InChI is InChI=1S/C17H27N3S.2C2HF3O2/c1-19(15-5-6-15)9-13-3-2-4-14-10-20(11-16(13)14)12-17-18-7-8-21-17;2*3-2(4,5)1(6)7/h7-8,13-16H,2-6,9-12H2,1H3;2*(H,6,7)/t13-,14+,16+;;/m0../s1. The monoisotopic (exact) mass is 533 g/mol. The summed E-state index contributed by atoms with van der Waals surface area (Å²) >= 11 is 1.81. The molecule has 3 aliphatic rings. The van der Waals surface area contributed by atoms with Crippen LogP contribution < -0.4 is 0 Å². The number of halogens is 6. The van der Waals surface area contributed by atoms with E-state index in [1.807, 2.05) is 6.20 Å². The Kier molecular flexibility index (Phi) is 10.3. The number of hydrogen-bond donors (Lipinski definition) is 2. The number of aromatic nitrogens is 1. The predicted molar refractivity (Wildman–Crippen MR) is 115 cm³/mol. The van der Waals surface area contributed by atoms with Crippen LogP contribution >= 0.6 is 11.3 Å². The van der Waals surface area contributed by atoms with Crippen molar-refractivity contribution in [3.05, 3.63) is 16.6 Å². The van der Waals surface area contributed by atoms with E-state index >= 15 is 0 Å². The molecule has 1 saturated heterocycles. The Labute approximate surface area is 202 Å². The second-order valence-electron chi connectivity index (χ2n) is 9.01. The van der Waals surface area contributed by atoms with Crippen molar-refractivity contribution in [1.29, 1.82) is 0 Å². The van der Waals surface area contributed by atoms with Gasteiger partial charge in [0.1, 0.15) is 5.01 Å². The molecule has 200 valence electrons. The molecule has 0 aromatic carbocycles. The molecule has 2 heterocycles. The molecule has 2 saturated carbocycles. The van der Waals surface area contributed by atoms with E-state index in [1.54, 1.807) is 11.3 Å². The van der Waals surface area contributed by atoms with Crippen LogP contribution in [0.25, 0.3) is 0 Å². The molecule has 3 fully saturated rings. The van der Waals surface area contributed by atoms with E-state index < -0.39 is 24.3 Å². The van der Waals surface area contributed by atoms with Gasteiger partial charge in [-0.15, -0.1) is 11.3 Å². The van der Waals surface area contributed by atoms with E-state index in [2.05, 4.69) is 27.2 Å². The molecule has 2 aliphatic carbocycles. The zero-order valence-electron chi connectivity index (χ0n) is 19.1. The average Bonchev–Trinajstić information content (AvgIpc) is 3.32. The van der Waals surface area contributed by atoms with Gasteiger partial charge in [0.25, 0.3) is 0 Å². The molecule has 0 bridgehead atoms. The van der Waals surface area contributed by atoms with E-state index in [-0.39, 0.29) is 0 Å². The van der Waals surface area contributed by atoms with Crippen LogP contribution in [0.2, 0.25) is 0 Å². The molecular formula is C21H29F6N3O4S. The Morgan fingerprint density at radius 3 is 2.09 bits per heavy atom. The van der Waals surface area contributed by atoms with Gasteiger partial charge in [0.05, 0.1) is 6.54 Å². The molecule has 2 N–H and O–H groups in total. The number of carboxylic acids is 2. The fraction of sp³-hybridized carbons (Fsp3) is 0.762. The van der Waals surface area contributed by atoms with Crippen molar-refractivity contribution in [2.75, 3.05) is 26.7 Å². The number of thiazole rings is 1. The number of fused-ring (bicyclic) bond motifs is 1. The summed E-state index contributed by atoms with van der Waals surface area (Å²) in [6.07, 6.45) is -0.973.